The number of benzene rings is 2. The lowest BCUT2D eigenvalue weighted by molar-refractivity contribution is -0.123. The smallest absolute Gasteiger partial charge is 0.249 e. The Kier molecular flexibility index (Phi) is 4.51. The van der Waals surface area contributed by atoms with Gasteiger partial charge in [0.2, 0.25) is 5.91 Å². The third kappa shape index (κ3) is 2.97. The largest absolute Gasteiger partial charge is 0.508 e. The third-order valence-corrected chi connectivity index (χ3v) is 7.86. The summed E-state index contributed by atoms with van der Waals surface area (Å²) < 4.78 is 2.03. The van der Waals surface area contributed by atoms with E-state index in [1.165, 1.54) is 23.1 Å². The second kappa shape index (κ2) is 7.04. The Bertz CT molecular complexity index is 1160. The molecular weight excluding hydrogens is 434 g/mol. The van der Waals surface area contributed by atoms with Gasteiger partial charge in [-0.05, 0) is 30.0 Å². The number of aromatic hydroxyl groups is 1. The van der Waals surface area contributed by atoms with Gasteiger partial charge >= 0.3 is 0 Å². The number of carbonyl (C=O) groups excluding carboxylic acids is 1. The van der Waals surface area contributed by atoms with E-state index in [9.17, 15) is 9.90 Å². The van der Waals surface area contributed by atoms with Crippen LogP contribution in [0.1, 0.15) is 11.6 Å². The van der Waals surface area contributed by atoms with Crippen LogP contribution in [0.25, 0.3) is 10.2 Å². The molecule has 4 aromatic rings. The number of halogens is 1. The Morgan fingerprint density at radius 1 is 1.11 bits per heavy atom. The molecule has 140 valence electrons. The molecule has 2 unspecified atom stereocenters. The predicted molar refractivity (Wildman–Crippen MR) is 114 cm³/mol. The van der Waals surface area contributed by atoms with Gasteiger partial charge in [0.15, 0.2) is 9.47 Å². The lowest BCUT2D eigenvalue weighted by Crippen LogP contribution is -2.56. The number of carbonyl (C=O) groups is 1. The molecule has 5 nitrogen and oxygen atoms in total. The monoisotopic (exact) mass is 445 g/mol. The van der Waals surface area contributed by atoms with Crippen LogP contribution < -0.4 is 4.90 Å². The number of hydrogen-bond donors (Lipinski definition) is 1. The number of β-lactam (4-membered cyclic amide) rings is 1. The van der Waals surface area contributed by atoms with Crippen LogP contribution in [0.4, 0.5) is 5.13 Å². The Morgan fingerprint density at radius 3 is 2.71 bits per heavy atom. The number of thiazole rings is 2. The number of nitrogens with zero attached hydrogens (tertiary/aromatic N) is 3. The number of phenols is 1. The number of amides is 1. The van der Waals surface area contributed by atoms with Gasteiger partial charge in [-0.15, -0.1) is 34.3 Å². The van der Waals surface area contributed by atoms with Gasteiger partial charge in [0.1, 0.15) is 16.2 Å². The zero-order chi connectivity index (χ0) is 19.3. The standard InChI is InChI=1S/C19H12ClN3O2S3/c20-15-16(10-5-1-3-7-12(10)24)23(17(15)25)18-22-14(9-26-18)28-19-21-11-6-2-4-8-13(11)27-19/h1-9,15-16,24H. The van der Waals surface area contributed by atoms with Crippen LogP contribution in [0, 0.1) is 0 Å². The molecule has 0 saturated carbocycles. The molecule has 0 aliphatic carbocycles. The molecule has 0 radical (unpaired) electrons. The first-order valence-corrected chi connectivity index (χ1v) is 11.3. The quantitative estimate of drug-likeness (QED) is 0.341. The number of phenolic OH excluding ortho intramolecular Hbond substituents is 1. The van der Waals surface area contributed by atoms with Crippen LogP contribution in [-0.2, 0) is 4.79 Å². The van der Waals surface area contributed by atoms with Crippen LogP contribution in [0.2, 0.25) is 0 Å². The predicted octanol–water partition coefficient (Wildman–Crippen LogP) is 5.30. The number of rotatable bonds is 4. The molecule has 1 amide bonds. The minimum absolute atomic E-state index is 0.122. The Morgan fingerprint density at radius 2 is 1.89 bits per heavy atom. The van der Waals surface area contributed by atoms with Gasteiger partial charge in [-0.3, -0.25) is 9.69 Å². The molecule has 1 aliphatic heterocycles. The highest BCUT2D eigenvalue weighted by atomic mass is 35.5. The molecule has 9 heteroatoms. The van der Waals surface area contributed by atoms with E-state index in [0.29, 0.717) is 10.7 Å². The summed E-state index contributed by atoms with van der Waals surface area (Å²) in [6.45, 7) is 0. The fourth-order valence-corrected chi connectivity index (χ4v) is 6.41. The summed E-state index contributed by atoms with van der Waals surface area (Å²) in [5.74, 6) is -0.0860. The van der Waals surface area contributed by atoms with Gasteiger partial charge in [-0.25, -0.2) is 9.97 Å². The van der Waals surface area contributed by atoms with Crippen molar-refractivity contribution < 1.29 is 9.90 Å². The fourth-order valence-electron chi connectivity index (χ4n) is 3.09. The van der Waals surface area contributed by atoms with Gasteiger partial charge in [0.05, 0.1) is 16.3 Å². The normalized spacial score (nSPS) is 19.2. The van der Waals surface area contributed by atoms with Crippen molar-refractivity contribution in [3.8, 4) is 5.75 Å². The number of alkyl halides is 1. The molecule has 1 saturated heterocycles. The SMILES string of the molecule is O=C1C(Cl)C(c2ccccc2O)N1c1nc(Sc2nc3ccccc3s2)cs1. The molecule has 5 rings (SSSR count). The minimum Gasteiger partial charge on any atom is -0.508 e. The Labute approximate surface area is 177 Å². The molecule has 1 fully saturated rings. The molecule has 0 bridgehead atoms. The van der Waals surface area contributed by atoms with E-state index in [1.807, 2.05) is 35.7 Å². The van der Waals surface area contributed by atoms with Crippen molar-refractivity contribution in [3.63, 3.8) is 0 Å². The molecule has 3 heterocycles. The highest BCUT2D eigenvalue weighted by Gasteiger charge is 2.50. The molecule has 2 atom stereocenters. The van der Waals surface area contributed by atoms with Crippen molar-refractivity contribution in [1.29, 1.82) is 0 Å². The van der Waals surface area contributed by atoms with Crippen molar-refractivity contribution >= 4 is 67.3 Å². The third-order valence-electron chi connectivity index (χ3n) is 4.43. The summed E-state index contributed by atoms with van der Waals surface area (Å²) in [5, 5.41) is 12.7. The van der Waals surface area contributed by atoms with E-state index < -0.39 is 11.4 Å². The van der Waals surface area contributed by atoms with E-state index in [2.05, 4.69) is 9.97 Å². The minimum atomic E-state index is -0.711. The maximum absolute atomic E-state index is 12.4. The van der Waals surface area contributed by atoms with Gasteiger partial charge < -0.3 is 5.11 Å². The summed E-state index contributed by atoms with van der Waals surface area (Å²) in [4.78, 5) is 23.2. The van der Waals surface area contributed by atoms with Gasteiger partial charge in [-0.2, -0.15) is 0 Å². The number of hydrogen-bond acceptors (Lipinski definition) is 7. The van der Waals surface area contributed by atoms with Crippen LogP contribution in [-0.4, -0.2) is 26.4 Å². The molecule has 2 aromatic heterocycles. The van der Waals surface area contributed by atoms with E-state index in [0.717, 1.165) is 19.6 Å². The molecule has 28 heavy (non-hydrogen) atoms. The van der Waals surface area contributed by atoms with Gasteiger partial charge in [0.25, 0.3) is 0 Å². The van der Waals surface area contributed by atoms with Gasteiger partial charge in [-0.1, -0.05) is 30.3 Å². The Balaban J connectivity index is 1.42. The first kappa shape index (κ1) is 17.9. The highest BCUT2D eigenvalue weighted by molar-refractivity contribution is 8.01. The van der Waals surface area contributed by atoms with E-state index in [1.54, 1.807) is 34.4 Å². The zero-order valence-corrected chi connectivity index (χ0v) is 17.4. The lowest BCUT2D eigenvalue weighted by Gasteiger charge is -2.42. The fraction of sp³-hybridized carbons (Fsp3) is 0.105. The van der Waals surface area contributed by atoms with E-state index in [4.69, 9.17) is 11.6 Å². The maximum Gasteiger partial charge on any atom is 0.249 e. The van der Waals surface area contributed by atoms with Crippen molar-refractivity contribution in [3.05, 3.63) is 59.5 Å². The summed E-state index contributed by atoms with van der Waals surface area (Å²) in [6, 6.07) is 14.5. The summed E-state index contributed by atoms with van der Waals surface area (Å²) >= 11 is 10.7. The topological polar surface area (TPSA) is 66.3 Å². The highest BCUT2D eigenvalue weighted by Crippen LogP contribution is 2.46. The number of anilines is 1. The number of para-hydroxylation sites is 2. The number of aromatic nitrogens is 2. The van der Waals surface area contributed by atoms with Crippen LogP contribution in [0.15, 0.2) is 63.3 Å². The molecule has 1 aliphatic rings. The van der Waals surface area contributed by atoms with E-state index >= 15 is 0 Å². The number of fused-ring (bicyclic) bond motifs is 1. The first-order chi connectivity index (χ1) is 13.6. The molecule has 1 N–H and O–H groups in total. The molecule has 0 spiro atoms. The average molecular weight is 446 g/mol. The zero-order valence-electron chi connectivity index (χ0n) is 14.2. The Hall–Kier alpha value is -2.13. The second-order valence-corrected chi connectivity index (χ2v) is 9.74. The second-order valence-electron chi connectivity index (χ2n) is 6.13. The first-order valence-electron chi connectivity index (χ1n) is 8.36. The van der Waals surface area contributed by atoms with E-state index in [-0.39, 0.29) is 11.7 Å². The van der Waals surface area contributed by atoms with Crippen molar-refractivity contribution in [1.82, 2.24) is 9.97 Å². The maximum atomic E-state index is 12.4. The lowest BCUT2D eigenvalue weighted by atomic mass is 9.93. The van der Waals surface area contributed by atoms with Crippen LogP contribution in [0.5, 0.6) is 5.75 Å². The summed E-state index contributed by atoms with van der Waals surface area (Å²) in [7, 11) is 0. The van der Waals surface area contributed by atoms with Crippen molar-refractivity contribution in [2.75, 3.05) is 4.90 Å². The average Bonchev–Trinajstić information content (AvgIpc) is 3.32. The summed E-state index contributed by atoms with van der Waals surface area (Å²) in [6.07, 6.45) is 0. The van der Waals surface area contributed by atoms with Crippen LogP contribution >= 0.6 is 46.0 Å². The van der Waals surface area contributed by atoms with Crippen LogP contribution in [0.3, 0.4) is 0 Å². The van der Waals surface area contributed by atoms with Crippen molar-refractivity contribution in [2.45, 2.75) is 20.8 Å². The molecule has 2 aromatic carbocycles. The van der Waals surface area contributed by atoms with Crippen molar-refractivity contribution in [2.24, 2.45) is 0 Å². The summed E-state index contributed by atoms with van der Waals surface area (Å²) in [5.41, 5.74) is 1.59. The molecular formula is C19H12ClN3O2S3. The van der Waals surface area contributed by atoms with Gasteiger partial charge in [0, 0.05) is 10.9 Å².